The molecule has 0 saturated carbocycles. The molecule has 0 radical (unpaired) electrons. The van der Waals surface area contributed by atoms with E-state index in [0.717, 1.165) is 0 Å². The van der Waals surface area contributed by atoms with Crippen LogP contribution in [0, 0.1) is 0 Å². The van der Waals surface area contributed by atoms with Crippen LogP contribution >= 0.6 is 32.9 Å². The van der Waals surface area contributed by atoms with Gasteiger partial charge in [-0.05, 0) is 12.8 Å². The fourth-order valence-corrected chi connectivity index (χ4v) is 2.53. The van der Waals surface area contributed by atoms with Crippen molar-refractivity contribution in [2.24, 2.45) is 7.05 Å². The van der Waals surface area contributed by atoms with Crippen molar-refractivity contribution in [3.8, 4) is 0 Å². The summed E-state index contributed by atoms with van der Waals surface area (Å²) < 4.78 is 2.18. The lowest BCUT2D eigenvalue weighted by molar-refractivity contribution is -0.677. The molecule has 1 rings (SSSR count). The number of rotatable bonds is 10. The van der Waals surface area contributed by atoms with E-state index < -0.39 is 0 Å². The number of aromatic amines is 1. The van der Waals surface area contributed by atoms with E-state index in [9.17, 15) is 0 Å². The lowest BCUT2D eigenvalue weighted by Crippen LogP contribution is -2.30. The normalized spacial score (nSPS) is 10.3. The lowest BCUT2D eigenvalue weighted by Gasteiger charge is -2.00. The van der Waals surface area contributed by atoms with Crippen LogP contribution in [-0.2, 0) is 13.5 Å². The predicted molar refractivity (Wildman–Crippen MR) is 86.7 cm³/mol. The van der Waals surface area contributed by atoms with Gasteiger partial charge in [0.1, 0.15) is 12.4 Å². The van der Waals surface area contributed by atoms with Crippen LogP contribution in [0.25, 0.3) is 0 Å². The Kier molecular flexibility index (Phi) is 12.3. The van der Waals surface area contributed by atoms with E-state index in [2.05, 4.69) is 38.7 Å². The lowest BCUT2D eigenvalue weighted by atomic mass is 10.1. The van der Waals surface area contributed by atoms with Gasteiger partial charge < -0.3 is 0 Å². The first kappa shape index (κ1) is 18.2. The molecule has 1 aromatic heterocycles. The molecular formula is C14H27Br2N2+. The highest BCUT2D eigenvalue weighted by Crippen LogP contribution is 2.10. The number of halogens is 2. The van der Waals surface area contributed by atoms with E-state index in [1.54, 1.807) is 0 Å². The molecule has 0 aliphatic rings. The van der Waals surface area contributed by atoms with Crippen LogP contribution < -0.4 is 4.57 Å². The van der Waals surface area contributed by atoms with E-state index in [4.69, 9.17) is 0 Å². The van der Waals surface area contributed by atoms with Crippen molar-refractivity contribution >= 4 is 32.9 Å². The van der Waals surface area contributed by atoms with Crippen LogP contribution in [0.3, 0.4) is 0 Å². The Bertz CT molecular complexity index is 287. The molecule has 0 fully saturated rings. The van der Waals surface area contributed by atoms with E-state index in [-0.39, 0.29) is 17.0 Å². The Morgan fingerprint density at radius 3 is 2.06 bits per heavy atom. The van der Waals surface area contributed by atoms with Crippen LogP contribution in [0.15, 0.2) is 12.4 Å². The van der Waals surface area contributed by atoms with Crippen LogP contribution in [-0.4, -0.2) is 10.3 Å². The van der Waals surface area contributed by atoms with Crippen molar-refractivity contribution in [1.82, 2.24) is 4.98 Å². The van der Waals surface area contributed by atoms with Crippen molar-refractivity contribution in [2.75, 3.05) is 5.33 Å². The van der Waals surface area contributed by atoms with Gasteiger partial charge in [-0.3, -0.25) is 0 Å². The number of unbranched alkanes of at least 4 members (excludes halogenated alkanes) is 7. The summed E-state index contributed by atoms with van der Waals surface area (Å²) in [6, 6.07) is 0. The number of imidazole rings is 1. The number of aryl methyl sites for hydroxylation is 2. The molecule has 1 heterocycles. The number of aromatic nitrogens is 2. The number of alkyl halides is 1. The Hall–Kier alpha value is 0.170. The van der Waals surface area contributed by atoms with Gasteiger partial charge in [0.05, 0.1) is 7.05 Å². The second kappa shape index (κ2) is 12.2. The van der Waals surface area contributed by atoms with Crippen molar-refractivity contribution in [2.45, 2.75) is 57.8 Å². The second-order valence-electron chi connectivity index (χ2n) is 4.79. The first-order valence-electron chi connectivity index (χ1n) is 6.92. The highest BCUT2D eigenvalue weighted by atomic mass is 79.9. The molecule has 0 amide bonds. The van der Waals surface area contributed by atoms with Crippen LogP contribution in [0.1, 0.15) is 57.2 Å². The van der Waals surface area contributed by atoms with Crippen LogP contribution in [0.2, 0.25) is 0 Å². The number of nitrogens with one attached hydrogen (secondary N) is 1. The van der Waals surface area contributed by atoms with E-state index in [0.29, 0.717) is 0 Å². The molecule has 0 unspecified atom stereocenters. The third-order valence-corrected chi connectivity index (χ3v) is 3.83. The summed E-state index contributed by atoms with van der Waals surface area (Å²) >= 11 is 3.47. The third-order valence-electron chi connectivity index (χ3n) is 3.27. The fraction of sp³-hybridized carbons (Fsp3) is 0.786. The minimum atomic E-state index is 0. The zero-order chi connectivity index (χ0) is 12.3. The van der Waals surface area contributed by atoms with Gasteiger partial charge in [0.15, 0.2) is 0 Å². The third kappa shape index (κ3) is 8.30. The van der Waals surface area contributed by atoms with Crippen molar-refractivity contribution in [3.63, 3.8) is 0 Å². The molecule has 0 aromatic carbocycles. The summed E-state index contributed by atoms with van der Waals surface area (Å²) in [4.78, 5) is 3.29. The number of hydrogen-bond donors (Lipinski definition) is 1. The second-order valence-corrected chi connectivity index (χ2v) is 5.58. The molecule has 0 spiro atoms. The molecule has 106 valence electrons. The average Bonchev–Trinajstić information content (AvgIpc) is 2.73. The summed E-state index contributed by atoms with van der Waals surface area (Å²) in [7, 11) is 2.11. The highest BCUT2D eigenvalue weighted by Gasteiger charge is 2.04. The summed E-state index contributed by atoms with van der Waals surface area (Å²) in [5.74, 6) is 1.35. The number of nitrogens with zero attached hydrogens (tertiary/aromatic N) is 1. The van der Waals surface area contributed by atoms with Gasteiger partial charge >= 0.3 is 0 Å². The zero-order valence-electron chi connectivity index (χ0n) is 11.5. The van der Waals surface area contributed by atoms with Gasteiger partial charge in [-0.1, -0.05) is 54.5 Å². The summed E-state index contributed by atoms with van der Waals surface area (Å²) in [5.41, 5.74) is 0. The Labute approximate surface area is 130 Å². The van der Waals surface area contributed by atoms with Gasteiger partial charge in [0.25, 0.3) is 5.82 Å². The Morgan fingerprint density at radius 2 is 1.56 bits per heavy atom. The van der Waals surface area contributed by atoms with Crippen molar-refractivity contribution in [1.29, 1.82) is 0 Å². The standard InChI is InChI=1S/C14H25BrN2.BrH/c1-17-13-12-16-14(17)10-8-6-4-2-3-5-7-9-11-15;/h12-13H,2-11H2,1H3;1H/p+1. The monoisotopic (exact) mass is 381 g/mol. The maximum Gasteiger partial charge on any atom is 0.253 e. The van der Waals surface area contributed by atoms with E-state index >= 15 is 0 Å². The van der Waals surface area contributed by atoms with Gasteiger partial charge in [-0.25, -0.2) is 9.55 Å². The zero-order valence-corrected chi connectivity index (χ0v) is 14.8. The maximum atomic E-state index is 3.47. The molecule has 18 heavy (non-hydrogen) atoms. The molecule has 0 bridgehead atoms. The maximum absolute atomic E-state index is 3.47. The fourth-order valence-electron chi connectivity index (χ4n) is 2.13. The van der Waals surface area contributed by atoms with Gasteiger partial charge in [-0.15, -0.1) is 17.0 Å². The van der Waals surface area contributed by atoms with Crippen molar-refractivity contribution < 1.29 is 4.57 Å². The molecule has 1 aromatic rings. The summed E-state index contributed by atoms with van der Waals surface area (Å²) in [6.07, 6.45) is 16.4. The number of hydrogen-bond acceptors (Lipinski definition) is 0. The van der Waals surface area contributed by atoms with Gasteiger partial charge in [0.2, 0.25) is 0 Å². The quantitative estimate of drug-likeness (QED) is 0.349. The van der Waals surface area contributed by atoms with Gasteiger partial charge in [0, 0.05) is 11.8 Å². The molecule has 0 aliphatic carbocycles. The molecule has 1 N–H and O–H groups in total. The first-order chi connectivity index (χ1) is 8.34. The molecule has 0 atom stereocenters. The predicted octanol–water partition coefficient (Wildman–Crippen LogP) is 4.48. The number of H-pyrrole nitrogens is 1. The molecule has 2 nitrogen and oxygen atoms in total. The average molecular weight is 383 g/mol. The Morgan fingerprint density at radius 1 is 1.00 bits per heavy atom. The van der Waals surface area contributed by atoms with Crippen LogP contribution in [0.5, 0.6) is 0 Å². The topological polar surface area (TPSA) is 19.7 Å². The minimum absolute atomic E-state index is 0. The van der Waals surface area contributed by atoms with E-state index in [1.807, 2.05) is 6.20 Å². The summed E-state index contributed by atoms with van der Waals surface area (Å²) in [5, 5.41) is 1.17. The molecule has 0 aliphatic heterocycles. The SMILES string of the molecule is Br.C[n+]1cc[nH]c1CCCCCCCCCCBr. The van der Waals surface area contributed by atoms with Crippen LogP contribution in [0.4, 0.5) is 0 Å². The minimum Gasteiger partial charge on any atom is -0.248 e. The smallest absolute Gasteiger partial charge is 0.248 e. The molecular weight excluding hydrogens is 356 g/mol. The Balaban J connectivity index is 0.00000289. The largest absolute Gasteiger partial charge is 0.253 e. The molecule has 0 saturated heterocycles. The molecule has 4 heteroatoms. The summed E-state index contributed by atoms with van der Waals surface area (Å²) in [6.45, 7) is 0. The van der Waals surface area contributed by atoms with E-state index in [1.165, 1.54) is 68.9 Å². The first-order valence-corrected chi connectivity index (χ1v) is 8.04. The highest BCUT2D eigenvalue weighted by molar-refractivity contribution is 9.09. The van der Waals surface area contributed by atoms with Gasteiger partial charge in [-0.2, -0.15) is 0 Å². The van der Waals surface area contributed by atoms with Crippen molar-refractivity contribution in [3.05, 3.63) is 18.2 Å².